The van der Waals surface area contributed by atoms with E-state index in [4.69, 9.17) is 4.74 Å². The van der Waals surface area contributed by atoms with Gasteiger partial charge >= 0.3 is 6.09 Å². The molecule has 1 amide bonds. The summed E-state index contributed by atoms with van der Waals surface area (Å²) in [6.07, 6.45) is -0.233. The predicted molar refractivity (Wildman–Crippen MR) is 107 cm³/mol. The van der Waals surface area contributed by atoms with E-state index in [0.717, 1.165) is 29.8 Å². The molecule has 1 aliphatic heterocycles. The molecule has 0 bridgehead atoms. The summed E-state index contributed by atoms with van der Waals surface area (Å²) in [5.74, 6) is 0.846. The van der Waals surface area contributed by atoms with Crippen LogP contribution in [0.5, 0.6) is 0 Å². The van der Waals surface area contributed by atoms with Gasteiger partial charge in [-0.15, -0.1) is 35.3 Å². The van der Waals surface area contributed by atoms with Gasteiger partial charge in [-0.25, -0.2) is 9.78 Å². The lowest BCUT2D eigenvalue weighted by molar-refractivity contribution is 0.0914. The van der Waals surface area contributed by atoms with E-state index in [2.05, 4.69) is 27.1 Å². The number of amides is 1. The maximum absolute atomic E-state index is 11.7. The number of aromatic nitrogens is 1. The number of carbonyl (C=O) groups is 1. The molecule has 1 aliphatic rings. The zero-order valence-corrected chi connectivity index (χ0v) is 17.8. The quantitative estimate of drug-likeness (QED) is 0.420. The topological polar surface area (TPSA) is 70.1 Å². The molecular formula is C15H26IN5O2S. The molecule has 9 heteroatoms. The smallest absolute Gasteiger partial charge is 0.409 e. The van der Waals surface area contributed by atoms with Crippen LogP contribution in [0.15, 0.2) is 4.99 Å². The van der Waals surface area contributed by atoms with Crippen LogP contribution in [0.1, 0.15) is 22.5 Å². The first kappa shape index (κ1) is 20.9. The molecule has 1 saturated heterocycles. The van der Waals surface area contributed by atoms with Gasteiger partial charge in [0.1, 0.15) is 5.01 Å². The highest BCUT2D eigenvalue weighted by Gasteiger charge is 2.23. The Morgan fingerprint density at radius 2 is 1.92 bits per heavy atom. The molecule has 0 unspecified atom stereocenters. The van der Waals surface area contributed by atoms with E-state index in [1.807, 2.05) is 13.8 Å². The number of ether oxygens (including phenoxy) is 1. The Hall–Kier alpha value is -1.10. The number of guanidine groups is 1. The zero-order chi connectivity index (χ0) is 16.8. The normalized spacial score (nSPS) is 15.1. The Bertz CT molecular complexity index is 551. The third kappa shape index (κ3) is 5.47. The number of piperazine rings is 1. The number of carbonyl (C=O) groups excluding carboxylic acids is 1. The second-order valence-corrected chi connectivity index (χ2v) is 6.61. The number of aliphatic imine (C=N–C) groups is 1. The van der Waals surface area contributed by atoms with Crippen LogP contribution in [-0.4, -0.2) is 66.7 Å². The van der Waals surface area contributed by atoms with Gasteiger partial charge < -0.3 is 19.9 Å². The molecule has 0 saturated carbocycles. The summed E-state index contributed by atoms with van der Waals surface area (Å²) in [6, 6.07) is 0. The molecule has 0 aliphatic carbocycles. The van der Waals surface area contributed by atoms with Crippen LogP contribution in [0.3, 0.4) is 0 Å². The summed E-state index contributed by atoms with van der Waals surface area (Å²) in [7, 11) is 1.78. The Labute approximate surface area is 164 Å². The van der Waals surface area contributed by atoms with Crippen LogP contribution in [0.2, 0.25) is 0 Å². The number of hydrogen-bond donors (Lipinski definition) is 1. The third-order valence-corrected chi connectivity index (χ3v) is 4.86. The molecule has 7 nitrogen and oxygen atoms in total. The van der Waals surface area contributed by atoms with E-state index in [0.29, 0.717) is 26.2 Å². The van der Waals surface area contributed by atoms with E-state index >= 15 is 0 Å². The highest BCUT2D eigenvalue weighted by molar-refractivity contribution is 14.0. The average molecular weight is 467 g/mol. The van der Waals surface area contributed by atoms with Crippen molar-refractivity contribution in [2.24, 2.45) is 4.99 Å². The number of rotatable bonds is 3. The summed E-state index contributed by atoms with van der Waals surface area (Å²) in [5, 5.41) is 4.42. The Morgan fingerprint density at radius 3 is 2.42 bits per heavy atom. The monoisotopic (exact) mass is 467 g/mol. The van der Waals surface area contributed by atoms with Crippen molar-refractivity contribution in [3.63, 3.8) is 0 Å². The first-order chi connectivity index (χ1) is 11.0. The number of thiazole rings is 1. The van der Waals surface area contributed by atoms with E-state index in [1.54, 1.807) is 23.3 Å². The molecule has 2 heterocycles. The van der Waals surface area contributed by atoms with Crippen molar-refractivity contribution >= 4 is 47.4 Å². The maximum atomic E-state index is 11.7. The van der Waals surface area contributed by atoms with Gasteiger partial charge in [-0.2, -0.15) is 0 Å². The van der Waals surface area contributed by atoms with Crippen molar-refractivity contribution in [2.45, 2.75) is 27.3 Å². The Balaban J connectivity index is 0.00000288. The Morgan fingerprint density at radius 1 is 1.29 bits per heavy atom. The SMILES string of the molecule is CCOC(=O)N1CCN(C(=NC)NCc2nc(C)c(C)s2)CC1.I. The zero-order valence-electron chi connectivity index (χ0n) is 14.7. The number of nitrogens with one attached hydrogen (secondary N) is 1. The van der Waals surface area contributed by atoms with Gasteiger partial charge in [0.15, 0.2) is 5.96 Å². The van der Waals surface area contributed by atoms with Gasteiger partial charge in [-0.05, 0) is 20.8 Å². The second kappa shape index (κ2) is 10.0. The lowest BCUT2D eigenvalue weighted by Crippen LogP contribution is -2.53. The fourth-order valence-electron chi connectivity index (χ4n) is 2.42. The second-order valence-electron chi connectivity index (χ2n) is 5.32. The van der Waals surface area contributed by atoms with Crippen LogP contribution >= 0.6 is 35.3 Å². The highest BCUT2D eigenvalue weighted by Crippen LogP contribution is 2.16. The van der Waals surface area contributed by atoms with E-state index in [-0.39, 0.29) is 30.1 Å². The maximum Gasteiger partial charge on any atom is 0.409 e. The van der Waals surface area contributed by atoms with E-state index in [9.17, 15) is 4.79 Å². The van der Waals surface area contributed by atoms with Crippen LogP contribution in [0.4, 0.5) is 4.79 Å². The van der Waals surface area contributed by atoms with Gasteiger partial charge in [-0.3, -0.25) is 4.99 Å². The van der Waals surface area contributed by atoms with Crippen molar-refractivity contribution in [3.8, 4) is 0 Å². The van der Waals surface area contributed by atoms with Crippen molar-refractivity contribution in [3.05, 3.63) is 15.6 Å². The molecule has 0 atom stereocenters. The highest BCUT2D eigenvalue weighted by atomic mass is 127. The minimum Gasteiger partial charge on any atom is -0.450 e. The van der Waals surface area contributed by atoms with Crippen molar-refractivity contribution in [2.75, 3.05) is 39.8 Å². The van der Waals surface area contributed by atoms with E-state index < -0.39 is 0 Å². The average Bonchev–Trinajstić information content (AvgIpc) is 2.87. The van der Waals surface area contributed by atoms with Gasteiger partial charge in [0, 0.05) is 38.1 Å². The van der Waals surface area contributed by atoms with E-state index in [1.165, 1.54) is 4.88 Å². The largest absolute Gasteiger partial charge is 0.450 e. The molecule has 1 aromatic rings. The molecular weight excluding hydrogens is 441 g/mol. The van der Waals surface area contributed by atoms with Crippen LogP contribution < -0.4 is 5.32 Å². The molecule has 0 spiro atoms. The van der Waals surface area contributed by atoms with Gasteiger partial charge in [0.05, 0.1) is 18.8 Å². The first-order valence-corrected chi connectivity index (χ1v) is 8.67. The fraction of sp³-hybridized carbons (Fsp3) is 0.667. The van der Waals surface area contributed by atoms with Crippen LogP contribution in [0.25, 0.3) is 0 Å². The molecule has 136 valence electrons. The third-order valence-electron chi connectivity index (χ3n) is 3.79. The number of hydrogen-bond acceptors (Lipinski definition) is 5. The standard InChI is InChI=1S/C15H25N5O2S.HI/c1-5-22-15(21)20-8-6-19(7-9-20)14(16-4)17-10-13-18-11(2)12(3)23-13;/h5-10H2,1-4H3,(H,16,17);1H. The summed E-state index contributed by atoms with van der Waals surface area (Å²) in [4.78, 5) is 25.7. The minimum absolute atomic E-state index is 0. The van der Waals surface area contributed by atoms with Gasteiger partial charge in [0.25, 0.3) is 0 Å². The summed E-state index contributed by atoms with van der Waals surface area (Å²) >= 11 is 1.71. The molecule has 0 aromatic carbocycles. The van der Waals surface area contributed by atoms with Gasteiger partial charge in [0.2, 0.25) is 0 Å². The Kier molecular flexibility index (Phi) is 8.74. The molecule has 1 aromatic heterocycles. The lowest BCUT2D eigenvalue weighted by atomic mass is 10.3. The number of nitrogens with zero attached hydrogens (tertiary/aromatic N) is 4. The van der Waals surface area contributed by atoms with Crippen LogP contribution in [-0.2, 0) is 11.3 Å². The summed E-state index contributed by atoms with van der Waals surface area (Å²) in [6.45, 7) is 9.80. The molecule has 2 rings (SSSR count). The lowest BCUT2D eigenvalue weighted by Gasteiger charge is -2.35. The summed E-state index contributed by atoms with van der Waals surface area (Å²) in [5.41, 5.74) is 1.09. The van der Waals surface area contributed by atoms with Gasteiger partial charge in [-0.1, -0.05) is 0 Å². The molecule has 24 heavy (non-hydrogen) atoms. The van der Waals surface area contributed by atoms with Crippen molar-refractivity contribution < 1.29 is 9.53 Å². The number of aryl methyl sites for hydroxylation is 2. The molecule has 1 fully saturated rings. The molecule has 1 N–H and O–H groups in total. The fourth-order valence-corrected chi connectivity index (χ4v) is 3.29. The van der Waals surface area contributed by atoms with Crippen molar-refractivity contribution in [1.29, 1.82) is 0 Å². The first-order valence-electron chi connectivity index (χ1n) is 7.85. The number of halogens is 1. The minimum atomic E-state index is -0.233. The predicted octanol–water partition coefficient (Wildman–Crippen LogP) is 2.23. The summed E-state index contributed by atoms with van der Waals surface area (Å²) < 4.78 is 5.04. The van der Waals surface area contributed by atoms with Crippen molar-refractivity contribution in [1.82, 2.24) is 20.1 Å². The molecule has 0 radical (unpaired) electrons. The van der Waals surface area contributed by atoms with Crippen LogP contribution in [0, 0.1) is 13.8 Å².